The lowest BCUT2D eigenvalue weighted by Gasteiger charge is -2.28. The molecule has 0 saturated heterocycles. The first-order valence-electron chi connectivity index (χ1n) is 10.2. The predicted molar refractivity (Wildman–Crippen MR) is 128 cm³/mol. The number of para-hydroxylation sites is 2. The first-order chi connectivity index (χ1) is 16.4. The number of ether oxygens (including phenoxy) is 3. The zero-order valence-corrected chi connectivity index (χ0v) is 19.4. The minimum Gasteiger partial charge on any atom is -0.497 e. The van der Waals surface area contributed by atoms with Crippen LogP contribution in [0.2, 0.25) is 5.15 Å². The number of amides is 1. The van der Waals surface area contributed by atoms with Crippen molar-refractivity contribution in [3.05, 3.63) is 82.0 Å². The maximum atomic E-state index is 13.5. The van der Waals surface area contributed by atoms with E-state index in [1.165, 1.54) is 7.11 Å². The minimum absolute atomic E-state index is 0.0572. The monoisotopic (exact) mass is 476 g/mol. The number of aromatic nitrogens is 1. The maximum absolute atomic E-state index is 13.5. The summed E-state index contributed by atoms with van der Waals surface area (Å²) >= 11 is 6.58. The van der Waals surface area contributed by atoms with Gasteiger partial charge in [0, 0.05) is 10.9 Å². The molecular formula is C25H21ClN4O4. The first kappa shape index (κ1) is 23.0. The predicted octanol–water partition coefficient (Wildman–Crippen LogP) is 4.63. The molecule has 4 rings (SSSR count). The van der Waals surface area contributed by atoms with Gasteiger partial charge < -0.3 is 25.3 Å². The molecule has 1 aliphatic rings. The number of nitrogens with two attached hydrogens (primary N) is 1. The Balaban J connectivity index is 1.86. The van der Waals surface area contributed by atoms with Gasteiger partial charge in [0.2, 0.25) is 5.88 Å². The Labute approximate surface area is 201 Å². The van der Waals surface area contributed by atoms with E-state index in [4.69, 9.17) is 31.5 Å². The van der Waals surface area contributed by atoms with E-state index >= 15 is 0 Å². The normalized spacial score (nSPS) is 15.6. The number of carbonyl (C=O) groups excluding carboxylic acids is 1. The Bertz CT molecular complexity index is 1410. The number of fused-ring (bicyclic) bond motifs is 1. The van der Waals surface area contributed by atoms with Gasteiger partial charge in [-0.25, -0.2) is 4.98 Å². The largest absolute Gasteiger partial charge is 0.497 e. The van der Waals surface area contributed by atoms with Crippen molar-refractivity contribution < 1.29 is 19.0 Å². The highest BCUT2D eigenvalue weighted by Gasteiger charge is 2.37. The molecule has 1 aliphatic heterocycles. The molecule has 0 bridgehead atoms. The van der Waals surface area contributed by atoms with E-state index in [0.29, 0.717) is 28.3 Å². The van der Waals surface area contributed by atoms with Crippen molar-refractivity contribution >= 4 is 34.1 Å². The van der Waals surface area contributed by atoms with Crippen LogP contribution < -0.4 is 20.5 Å². The molecule has 1 unspecified atom stereocenters. The number of pyridine rings is 1. The SMILES string of the molecule is COc1ccc2nc(Cl)c(C3C(C#N)=C(N)OC(C)=C3C(=O)Nc3ccccc3OC)cc2c1. The van der Waals surface area contributed by atoms with Gasteiger partial charge in [-0.05, 0) is 43.3 Å². The van der Waals surface area contributed by atoms with Gasteiger partial charge in [-0.1, -0.05) is 23.7 Å². The van der Waals surface area contributed by atoms with E-state index in [1.54, 1.807) is 62.6 Å². The van der Waals surface area contributed by atoms with Gasteiger partial charge in [-0.3, -0.25) is 4.79 Å². The molecule has 9 heteroatoms. The van der Waals surface area contributed by atoms with Gasteiger partial charge in [0.1, 0.15) is 34.1 Å². The topological polar surface area (TPSA) is 119 Å². The van der Waals surface area contributed by atoms with Gasteiger partial charge >= 0.3 is 0 Å². The second kappa shape index (κ2) is 9.33. The lowest BCUT2D eigenvalue weighted by molar-refractivity contribution is -0.113. The number of allylic oxidation sites excluding steroid dienone is 2. The number of nitriles is 1. The maximum Gasteiger partial charge on any atom is 0.256 e. The summed E-state index contributed by atoms with van der Waals surface area (Å²) in [5, 5.41) is 13.6. The van der Waals surface area contributed by atoms with Crippen molar-refractivity contribution in [2.24, 2.45) is 5.73 Å². The molecule has 2 heterocycles. The lowest BCUT2D eigenvalue weighted by atomic mass is 9.83. The average Bonchev–Trinajstić information content (AvgIpc) is 2.83. The number of methoxy groups -OCH3 is 2. The molecule has 0 aliphatic carbocycles. The quantitative estimate of drug-likeness (QED) is 0.515. The van der Waals surface area contributed by atoms with Gasteiger partial charge in [-0.15, -0.1) is 0 Å². The molecular weight excluding hydrogens is 456 g/mol. The molecule has 3 N–H and O–H groups in total. The average molecular weight is 477 g/mol. The van der Waals surface area contributed by atoms with Crippen LogP contribution in [0.3, 0.4) is 0 Å². The summed E-state index contributed by atoms with van der Waals surface area (Å²) in [6, 6.07) is 16.2. The molecule has 3 aromatic rings. The molecule has 0 fully saturated rings. The fraction of sp³-hybridized carbons (Fsp3) is 0.160. The second-order valence-corrected chi connectivity index (χ2v) is 7.83. The Kier molecular flexibility index (Phi) is 6.30. The molecule has 172 valence electrons. The zero-order valence-electron chi connectivity index (χ0n) is 18.7. The lowest BCUT2D eigenvalue weighted by Crippen LogP contribution is -2.28. The number of halogens is 1. The number of nitrogens with one attached hydrogen (secondary N) is 1. The van der Waals surface area contributed by atoms with Crippen molar-refractivity contribution in [1.29, 1.82) is 5.26 Å². The number of hydrogen-bond donors (Lipinski definition) is 2. The standard InChI is InChI=1S/C25H21ClN4O4/c1-13-21(25(31)30-19-6-4-5-7-20(19)33-3)22(17(12-27)24(28)34-13)16-11-14-10-15(32-2)8-9-18(14)29-23(16)26/h4-11,22H,28H2,1-3H3,(H,30,31). The molecule has 34 heavy (non-hydrogen) atoms. The summed E-state index contributed by atoms with van der Waals surface area (Å²) in [6.45, 7) is 1.61. The van der Waals surface area contributed by atoms with Crippen LogP contribution in [0.4, 0.5) is 5.69 Å². The fourth-order valence-electron chi connectivity index (χ4n) is 3.90. The van der Waals surface area contributed by atoms with E-state index in [2.05, 4.69) is 16.4 Å². The van der Waals surface area contributed by atoms with Crippen LogP contribution in [-0.2, 0) is 9.53 Å². The molecule has 1 amide bonds. The third-order valence-corrected chi connectivity index (χ3v) is 5.82. The Morgan fingerprint density at radius 3 is 2.68 bits per heavy atom. The van der Waals surface area contributed by atoms with Crippen molar-refractivity contribution in [3.63, 3.8) is 0 Å². The van der Waals surface area contributed by atoms with Crippen LogP contribution in [0.25, 0.3) is 10.9 Å². The fourth-order valence-corrected chi connectivity index (χ4v) is 4.16. The molecule has 1 aromatic heterocycles. The number of anilines is 1. The van der Waals surface area contributed by atoms with E-state index in [9.17, 15) is 10.1 Å². The van der Waals surface area contributed by atoms with Crippen LogP contribution in [0, 0.1) is 11.3 Å². The van der Waals surface area contributed by atoms with Crippen LogP contribution in [0.5, 0.6) is 11.5 Å². The van der Waals surface area contributed by atoms with Crippen LogP contribution >= 0.6 is 11.6 Å². The number of nitrogens with zero attached hydrogens (tertiary/aromatic N) is 2. The van der Waals surface area contributed by atoms with Gasteiger partial charge in [0.15, 0.2) is 0 Å². The summed E-state index contributed by atoms with van der Waals surface area (Å²) in [4.78, 5) is 18.0. The summed E-state index contributed by atoms with van der Waals surface area (Å²) in [5.74, 6) is -0.129. The number of carbonyl (C=O) groups is 1. The molecule has 0 radical (unpaired) electrons. The van der Waals surface area contributed by atoms with Crippen LogP contribution in [0.15, 0.2) is 71.3 Å². The van der Waals surface area contributed by atoms with E-state index < -0.39 is 11.8 Å². The van der Waals surface area contributed by atoms with Gasteiger partial charge in [-0.2, -0.15) is 5.26 Å². The molecule has 2 aromatic carbocycles. The number of rotatable bonds is 5. The summed E-state index contributed by atoms with van der Waals surface area (Å²) in [6.07, 6.45) is 0. The minimum atomic E-state index is -0.899. The summed E-state index contributed by atoms with van der Waals surface area (Å²) in [7, 11) is 3.07. The Hall–Kier alpha value is -4.22. The second-order valence-electron chi connectivity index (χ2n) is 7.48. The number of hydrogen-bond acceptors (Lipinski definition) is 7. The van der Waals surface area contributed by atoms with Crippen molar-refractivity contribution in [2.75, 3.05) is 19.5 Å². The molecule has 8 nitrogen and oxygen atoms in total. The summed E-state index contributed by atoms with van der Waals surface area (Å²) < 4.78 is 16.2. The van der Waals surface area contributed by atoms with E-state index in [-0.39, 0.29) is 27.9 Å². The highest BCUT2D eigenvalue weighted by Crippen LogP contribution is 2.43. The molecule has 1 atom stereocenters. The smallest absolute Gasteiger partial charge is 0.256 e. The third kappa shape index (κ3) is 4.09. The van der Waals surface area contributed by atoms with Crippen LogP contribution in [0.1, 0.15) is 18.4 Å². The highest BCUT2D eigenvalue weighted by molar-refractivity contribution is 6.31. The first-order valence-corrected chi connectivity index (χ1v) is 10.6. The Morgan fingerprint density at radius 1 is 1.21 bits per heavy atom. The van der Waals surface area contributed by atoms with Gasteiger partial charge in [0.25, 0.3) is 5.91 Å². The van der Waals surface area contributed by atoms with Crippen LogP contribution in [-0.4, -0.2) is 25.1 Å². The van der Waals surface area contributed by atoms with Crippen molar-refractivity contribution in [1.82, 2.24) is 4.98 Å². The van der Waals surface area contributed by atoms with Gasteiger partial charge in [0.05, 0.1) is 36.9 Å². The van der Waals surface area contributed by atoms with Crippen molar-refractivity contribution in [2.45, 2.75) is 12.8 Å². The molecule has 0 saturated carbocycles. The Morgan fingerprint density at radius 2 is 1.97 bits per heavy atom. The van der Waals surface area contributed by atoms with Crippen molar-refractivity contribution in [3.8, 4) is 17.6 Å². The zero-order chi connectivity index (χ0) is 24.4. The number of benzene rings is 2. The van der Waals surface area contributed by atoms with E-state index in [0.717, 1.165) is 5.39 Å². The highest BCUT2D eigenvalue weighted by atomic mass is 35.5. The summed E-state index contributed by atoms with van der Waals surface area (Å²) in [5.41, 5.74) is 7.82. The van der Waals surface area contributed by atoms with E-state index in [1.807, 2.05) is 0 Å². The molecule has 0 spiro atoms. The third-order valence-electron chi connectivity index (χ3n) is 5.52.